The van der Waals surface area contributed by atoms with E-state index in [-0.39, 0.29) is 5.41 Å². The minimum atomic E-state index is -0.205. The Hall–Kier alpha value is -3.86. The molecule has 1 N–H and O–H groups in total. The summed E-state index contributed by atoms with van der Waals surface area (Å²) in [7, 11) is 0. The molecule has 0 bridgehead atoms. The van der Waals surface area contributed by atoms with Crippen LogP contribution < -0.4 is 5.32 Å². The molecule has 0 aromatic heterocycles. The lowest BCUT2D eigenvalue weighted by Crippen LogP contribution is -2.49. The van der Waals surface area contributed by atoms with Crippen LogP contribution in [0.1, 0.15) is 50.5 Å². The summed E-state index contributed by atoms with van der Waals surface area (Å²) in [6.45, 7) is 0. The van der Waals surface area contributed by atoms with Crippen LogP contribution in [-0.4, -0.2) is 28.3 Å². The van der Waals surface area contributed by atoms with Crippen molar-refractivity contribution in [3.63, 3.8) is 0 Å². The molecule has 4 heteroatoms. The van der Waals surface area contributed by atoms with Crippen LogP contribution in [0.15, 0.2) is 182 Å². The summed E-state index contributed by atoms with van der Waals surface area (Å²) in [4.78, 5) is 7.29. The smallest absolute Gasteiger partial charge is 0.0589 e. The van der Waals surface area contributed by atoms with Crippen molar-refractivity contribution in [3.05, 3.63) is 183 Å². The molecule has 1 aromatic carbocycles. The monoisotopic (exact) mass is 700 g/mol. The number of fused-ring (bicyclic) bond motifs is 9. The van der Waals surface area contributed by atoms with E-state index in [0.29, 0.717) is 41.1 Å². The third kappa shape index (κ3) is 4.64. The Labute approximate surface area is 311 Å². The molecule has 4 heterocycles. The predicted octanol–water partition coefficient (Wildman–Crippen LogP) is 10.9. The van der Waals surface area contributed by atoms with Gasteiger partial charge in [0.25, 0.3) is 0 Å². The van der Waals surface area contributed by atoms with E-state index >= 15 is 0 Å². The molecule has 6 aliphatic carbocycles. The Kier molecular flexibility index (Phi) is 7.29. The predicted molar refractivity (Wildman–Crippen MR) is 215 cm³/mol. The van der Waals surface area contributed by atoms with Crippen LogP contribution >= 0.6 is 23.5 Å². The van der Waals surface area contributed by atoms with Crippen molar-refractivity contribution in [1.82, 2.24) is 10.2 Å². The van der Waals surface area contributed by atoms with Crippen LogP contribution in [0.25, 0.3) is 0 Å². The second-order valence-corrected chi connectivity index (χ2v) is 18.0. The van der Waals surface area contributed by atoms with Gasteiger partial charge in [0.15, 0.2) is 0 Å². The van der Waals surface area contributed by atoms with Gasteiger partial charge >= 0.3 is 0 Å². The minimum absolute atomic E-state index is 0.205. The van der Waals surface area contributed by atoms with E-state index in [1.807, 2.05) is 0 Å². The van der Waals surface area contributed by atoms with Crippen LogP contribution in [0.3, 0.4) is 0 Å². The largest absolute Gasteiger partial charge is 0.387 e. The number of nitrogens with zero attached hydrogens (tertiary/aromatic N) is 1. The maximum absolute atomic E-state index is 3.66. The van der Waals surface area contributed by atoms with Crippen molar-refractivity contribution >= 4 is 23.5 Å². The van der Waals surface area contributed by atoms with Gasteiger partial charge in [-0.1, -0.05) is 127 Å². The third-order valence-electron chi connectivity index (χ3n) is 13.1. The minimum Gasteiger partial charge on any atom is -0.387 e. The van der Waals surface area contributed by atoms with E-state index in [1.54, 1.807) is 21.6 Å². The number of allylic oxidation sites excluding steroid dienone is 15. The van der Waals surface area contributed by atoms with Gasteiger partial charge in [0.1, 0.15) is 0 Å². The van der Waals surface area contributed by atoms with Gasteiger partial charge in [-0.3, -0.25) is 0 Å². The van der Waals surface area contributed by atoms with Crippen molar-refractivity contribution in [2.24, 2.45) is 17.8 Å². The Morgan fingerprint density at radius 3 is 2.67 bits per heavy atom. The van der Waals surface area contributed by atoms with Crippen LogP contribution in [0.2, 0.25) is 0 Å². The number of benzene rings is 1. The van der Waals surface area contributed by atoms with E-state index in [9.17, 15) is 0 Å². The van der Waals surface area contributed by atoms with Crippen LogP contribution in [-0.2, 0) is 5.41 Å². The number of rotatable bonds is 3. The van der Waals surface area contributed by atoms with Gasteiger partial charge in [0, 0.05) is 44.5 Å². The highest BCUT2D eigenvalue weighted by atomic mass is 32.2. The maximum atomic E-state index is 3.66. The van der Waals surface area contributed by atoms with Gasteiger partial charge in [0.05, 0.1) is 17.5 Å². The molecular weight excluding hydrogens is 657 g/mol. The Bertz CT molecular complexity index is 2110. The summed E-state index contributed by atoms with van der Waals surface area (Å²) in [5.74, 6) is 1.29. The molecule has 1 fully saturated rings. The molecule has 1 saturated heterocycles. The fourth-order valence-corrected chi connectivity index (χ4v) is 13.7. The molecule has 1 spiro atoms. The quantitative estimate of drug-likeness (QED) is 0.337. The summed E-state index contributed by atoms with van der Waals surface area (Å²) in [5.41, 5.74) is 10.3. The molecule has 0 amide bonds. The van der Waals surface area contributed by atoms with Gasteiger partial charge < -0.3 is 10.2 Å². The second kappa shape index (κ2) is 12.1. The first kappa shape index (κ1) is 30.7. The number of hydrogen-bond acceptors (Lipinski definition) is 4. The summed E-state index contributed by atoms with van der Waals surface area (Å²) in [6.07, 6.45) is 52.1. The van der Waals surface area contributed by atoms with E-state index in [0.717, 1.165) is 38.5 Å². The fraction of sp³-hybridized carbons (Fsp3) is 0.319. The molecule has 254 valence electrons. The van der Waals surface area contributed by atoms with Gasteiger partial charge in [-0.15, -0.1) is 11.8 Å². The summed E-state index contributed by atoms with van der Waals surface area (Å²) >= 11 is 4.17. The summed E-state index contributed by atoms with van der Waals surface area (Å²) < 4.78 is 0. The van der Waals surface area contributed by atoms with Crippen LogP contribution in [0, 0.1) is 17.8 Å². The van der Waals surface area contributed by atoms with Crippen molar-refractivity contribution in [1.29, 1.82) is 0 Å². The average Bonchev–Trinajstić information content (AvgIpc) is 3.85. The van der Waals surface area contributed by atoms with Crippen molar-refractivity contribution in [2.45, 2.75) is 78.6 Å². The fourth-order valence-electron chi connectivity index (χ4n) is 10.8. The molecule has 10 aliphatic rings. The molecule has 0 radical (unpaired) electrons. The molecule has 2 nitrogen and oxygen atoms in total. The van der Waals surface area contributed by atoms with Crippen molar-refractivity contribution < 1.29 is 0 Å². The highest BCUT2D eigenvalue weighted by molar-refractivity contribution is 8.04. The molecule has 8 unspecified atom stereocenters. The lowest BCUT2D eigenvalue weighted by atomic mass is 9.56. The van der Waals surface area contributed by atoms with E-state index in [2.05, 4.69) is 167 Å². The molecule has 4 aliphatic heterocycles. The van der Waals surface area contributed by atoms with Crippen LogP contribution in [0.4, 0.5) is 0 Å². The molecule has 51 heavy (non-hydrogen) atoms. The summed E-state index contributed by atoms with van der Waals surface area (Å²) in [5, 5.41) is 4.05. The lowest BCUT2D eigenvalue weighted by Gasteiger charge is -2.55. The first-order valence-electron chi connectivity index (χ1n) is 19.3. The number of hydrogen-bond donors (Lipinski definition) is 1. The number of nitrogens with one attached hydrogen (secondary N) is 1. The Balaban J connectivity index is 1.04. The molecule has 8 atom stereocenters. The molecule has 11 rings (SSSR count). The molecular formula is C47H44N2S2. The highest BCUT2D eigenvalue weighted by Crippen LogP contribution is 2.66. The lowest BCUT2D eigenvalue weighted by molar-refractivity contribution is 0.256. The SMILES string of the molecule is C1=CCC(N2C3=C(CCC=C3)C3C=CC(C4=CC5C(C=C4)SC4=CCCC=C4C54C5=C(CC(C6CC=CN6)C=C5)Sc5ccccc54)=CC32)C=C1. The Morgan fingerprint density at radius 1 is 0.824 bits per heavy atom. The van der Waals surface area contributed by atoms with Gasteiger partial charge in [-0.2, -0.15) is 0 Å². The zero-order valence-electron chi connectivity index (χ0n) is 29.0. The van der Waals surface area contributed by atoms with Gasteiger partial charge in [-0.25, -0.2) is 0 Å². The third-order valence-corrected chi connectivity index (χ3v) is 15.6. The van der Waals surface area contributed by atoms with E-state index in [1.165, 1.54) is 38.6 Å². The zero-order chi connectivity index (χ0) is 33.5. The van der Waals surface area contributed by atoms with Crippen molar-refractivity contribution in [2.75, 3.05) is 0 Å². The standard InChI is InChI=1S/C47H44N2S2/c1-2-11-33(12-3-1)49-41-17-7-4-13-34(41)35-23-20-31(28-42(35)49)30-22-25-45-39(27-30)47(36-14-5-8-18-43(36)50-45)37-15-6-9-19-44(37)51-46-29-32(21-24-38(46)47)40-16-10-26-48-40/h1-3,6-7,9-11,14-15,17-28,32-33,35,39-40,42,45,48H,4-5,8,12-13,16,29H2. The topological polar surface area (TPSA) is 15.3 Å². The van der Waals surface area contributed by atoms with Crippen molar-refractivity contribution in [3.8, 4) is 0 Å². The van der Waals surface area contributed by atoms with Gasteiger partial charge in [0.2, 0.25) is 0 Å². The first-order chi connectivity index (χ1) is 25.3. The number of thioether (sulfide) groups is 2. The Morgan fingerprint density at radius 2 is 1.75 bits per heavy atom. The second-order valence-electron chi connectivity index (χ2n) is 15.6. The average molecular weight is 701 g/mol. The zero-order valence-corrected chi connectivity index (χ0v) is 30.6. The van der Waals surface area contributed by atoms with E-state index in [4.69, 9.17) is 0 Å². The van der Waals surface area contributed by atoms with E-state index < -0.39 is 0 Å². The maximum Gasteiger partial charge on any atom is 0.0589 e. The molecule has 0 saturated carbocycles. The first-order valence-corrected chi connectivity index (χ1v) is 21.0. The highest BCUT2D eigenvalue weighted by Gasteiger charge is 2.56. The normalized spacial score (nSPS) is 36.5. The molecule has 1 aromatic rings. The van der Waals surface area contributed by atoms with Gasteiger partial charge in [-0.05, 0) is 102 Å². The summed E-state index contributed by atoms with van der Waals surface area (Å²) in [6, 6.07) is 10.7. The van der Waals surface area contributed by atoms with Crippen LogP contribution in [0.5, 0.6) is 0 Å².